The van der Waals surface area contributed by atoms with E-state index in [4.69, 9.17) is 0 Å². The summed E-state index contributed by atoms with van der Waals surface area (Å²) >= 11 is 0. The number of hydrogen-bond donors (Lipinski definition) is 1. The Kier molecular flexibility index (Phi) is 6.76. The number of methoxy groups -OCH3 is 2. The van der Waals surface area contributed by atoms with Gasteiger partial charge < -0.3 is 14.8 Å². The van der Waals surface area contributed by atoms with Gasteiger partial charge in [0.05, 0.1) is 31.8 Å². The van der Waals surface area contributed by atoms with Crippen LogP contribution in [-0.2, 0) is 35.4 Å². The Hall–Kier alpha value is -2.39. The number of carbonyl (C=O) groups is 2. The molecule has 1 aromatic rings. The van der Waals surface area contributed by atoms with Gasteiger partial charge in [-0.1, -0.05) is 12.1 Å². The number of nitrogens with zero attached hydrogens (tertiary/aromatic N) is 1. The maximum atomic E-state index is 11.7. The number of sulfone groups is 1. The molecular weight excluding hydrogens is 360 g/mol. The summed E-state index contributed by atoms with van der Waals surface area (Å²) < 4.78 is 32.1. The van der Waals surface area contributed by atoms with Crippen molar-refractivity contribution in [2.24, 2.45) is 0 Å². The first-order valence-corrected chi connectivity index (χ1v) is 9.82. The van der Waals surface area contributed by atoms with Crippen LogP contribution in [-0.4, -0.2) is 64.1 Å². The maximum absolute atomic E-state index is 11.7. The van der Waals surface area contributed by atoms with Crippen molar-refractivity contribution >= 4 is 27.5 Å². The predicted octanol–water partition coefficient (Wildman–Crippen LogP) is 0.559. The molecule has 1 saturated heterocycles. The first-order chi connectivity index (χ1) is 12.3. The second kappa shape index (κ2) is 8.81. The van der Waals surface area contributed by atoms with E-state index >= 15 is 0 Å². The van der Waals surface area contributed by atoms with Crippen molar-refractivity contribution in [3.63, 3.8) is 0 Å². The van der Waals surface area contributed by atoms with Crippen LogP contribution in [0.4, 0.5) is 5.69 Å². The number of carbonyl (C=O) groups excluding carboxylic acids is 2. The lowest BCUT2D eigenvalue weighted by atomic mass is 10.2. The van der Waals surface area contributed by atoms with Gasteiger partial charge in [0.2, 0.25) is 0 Å². The average molecular weight is 382 g/mol. The number of esters is 2. The van der Waals surface area contributed by atoms with Gasteiger partial charge in [0.15, 0.2) is 9.84 Å². The number of nitrogens with one attached hydrogen (secondary N) is 1. The maximum Gasteiger partial charge on any atom is 0.354 e. The molecule has 1 aliphatic rings. The first-order valence-electron chi connectivity index (χ1n) is 7.99. The number of ether oxygens (including phenoxy) is 2. The van der Waals surface area contributed by atoms with Crippen LogP contribution in [0.1, 0.15) is 5.56 Å². The van der Waals surface area contributed by atoms with Gasteiger partial charge in [0.1, 0.15) is 5.70 Å². The van der Waals surface area contributed by atoms with Crippen LogP contribution in [0.25, 0.3) is 0 Å². The molecule has 1 heterocycles. The minimum absolute atomic E-state index is 0.0339. The molecular formula is C17H22N2O6S. The summed E-state index contributed by atoms with van der Waals surface area (Å²) in [6.07, 6.45) is 1.02. The summed E-state index contributed by atoms with van der Waals surface area (Å²) in [6.45, 7) is 1.70. The minimum Gasteiger partial charge on any atom is -0.466 e. The lowest BCUT2D eigenvalue weighted by molar-refractivity contribution is -0.138. The monoisotopic (exact) mass is 382 g/mol. The quantitative estimate of drug-likeness (QED) is 0.562. The zero-order chi connectivity index (χ0) is 19.2. The summed E-state index contributed by atoms with van der Waals surface area (Å²) in [6, 6.07) is 7.28. The van der Waals surface area contributed by atoms with Crippen LogP contribution in [0.5, 0.6) is 0 Å². The summed E-state index contributed by atoms with van der Waals surface area (Å²) in [4.78, 5) is 25.2. The minimum atomic E-state index is -2.89. The highest BCUT2D eigenvalue weighted by Crippen LogP contribution is 2.15. The molecule has 0 unspecified atom stereocenters. The molecule has 26 heavy (non-hydrogen) atoms. The third kappa shape index (κ3) is 5.85. The van der Waals surface area contributed by atoms with Crippen LogP contribution in [0, 0.1) is 0 Å². The lowest BCUT2D eigenvalue weighted by Gasteiger charge is -2.26. The fraction of sp³-hybridized carbons (Fsp3) is 0.412. The van der Waals surface area contributed by atoms with E-state index < -0.39 is 21.8 Å². The van der Waals surface area contributed by atoms with Crippen molar-refractivity contribution in [3.05, 3.63) is 41.6 Å². The molecule has 1 aliphatic heterocycles. The van der Waals surface area contributed by atoms with E-state index in [1.165, 1.54) is 14.2 Å². The van der Waals surface area contributed by atoms with Crippen LogP contribution in [0.2, 0.25) is 0 Å². The van der Waals surface area contributed by atoms with Crippen molar-refractivity contribution in [3.8, 4) is 0 Å². The summed E-state index contributed by atoms with van der Waals surface area (Å²) in [5.74, 6) is -0.982. The topological polar surface area (TPSA) is 102 Å². The molecule has 8 nitrogen and oxygen atoms in total. The van der Waals surface area contributed by atoms with Crippen LogP contribution < -0.4 is 5.32 Å². The molecule has 0 radical (unpaired) electrons. The van der Waals surface area contributed by atoms with E-state index in [1.807, 2.05) is 12.1 Å². The third-order valence-corrected chi connectivity index (χ3v) is 5.55. The van der Waals surface area contributed by atoms with E-state index in [0.29, 0.717) is 25.3 Å². The Morgan fingerprint density at radius 1 is 1.12 bits per heavy atom. The second-order valence-electron chi connectivity index (χ2n) is 5.82. The van der Waals surface area contributed by atoms with E-state index in [-0.39, 0.29) is 17.2 Å². The zero-order valence-corrected chi connectivity index (χ0v) is 15.5. The molecule has 0 bridgehead atoms. The molecule has 1 aromatic carbocycles. The van der Waals surface area contributed by atoms with Gasteiger partial charge in [0.25, 0.3) is 0 Å². The molecule has 2 rings (SSSR count). The van der Waals surface area contributed by atoms with Crippen molar-refractivity contribution in [1.29, 1.82) is 0 Å². The van der Waals surface area contributed by atoms with Gasteiger partial charge in [-0.2, -0.15) is 0 Å². The molecule has 9 heteroatoms. The van der Waals surface area contributed by atoms with Gasteiger partial charge in [-0.15, -0.1) is 0 Å². The van der Waals surface area contributed by atoms with Gasteiger partial charge in [-0.25, -0.2) is 18.0 Å². The SMILES string of the molecule is COC(=O)/C=C(/Nc1ccc(CN2CCS(=O)(=O)CC2)cc1)C(=O)OC. The highest BCUT2D eigenvalue weighted by atomic mass is 32.2. The Bertz CT molecular complexity index is 772. The molecule has 0 saturated carbocycles. The van der Waals surface area contributed by atoms with E-state index in [0.717, 1.165) is 11.6 Å². The van der Waals surface area contributed by atoms with Gasteiger partial charge in [0, 0.05) is 25.3 Å². The first kappa shape index (κ1) is 19.9. The zero-order valence-electron chi connectivity index (χ0n) is 14.7. The molecule has 0 aliphatic carbocycles. The van der Waals surface area contributed by atoms with Gasteiger partial charge in [-0.05, 0) is 17.7 Å². The number of anilines is 1. The predicted molar refractivity (Wildman–Crippen MR) is 96.1 cm³/mol. The van der Waals surface area contributed by atoms with Crippen LogP contribution in [0.3, 0.4) is 0 Å². The molecule has 1 N–H and O–H groups in total. The van der Waals surface area contributed by atoms with Crippen LogP contribution in [0.15, 0.2) is 36.0 Å². The fourth-order valence-corrected chi connectivity index (χ4v) is 3.73. The lowest BCUT2D eigenvalue weighted by Crippen LogP contribution is -2.39. The number of benzene rings is 1. The summed E-state index contributed by atoms with van der Waals surface area (Å²) in [5.41, 5.74) is 1.59. The average Bonchev–Trinajstić information content (AvgIpc) is 2.63. The molecule has 142 valence electrons. The highest BCUT2D eigenvalue weighted by Gasteiger charge is 2.21. The second-order valence-corrected chi connectivity index (χ2v) is 8.13. The highest BCUT2D eigenvalue weighted by molar-refractivity contribution is 7.91. The normalized spacial score (nSPS) is 17.4. The van der Waals surface area contributed by atoms with Crippen molar-refractivity contribution in [1.82, 2.24) is 4.90 Å². The van der Waals surface area contributed by atoms with Crippen molar-refractivity contribution in [2.75, 3.05) is 44.1 Å². The van der Waals surface area contributed by atoms with E-state index in [9.17, 15) is 18.0 Å². The fourth-order valence-electron chi connectivity index (χ4n) is 2.45. The molecule has 0 spiro atoms. The summed E-state index contributed by atoms with van der Waals surface area (Å²) in [5, 5.41) is 2.83. The molecule has 1 fully saturated rings. The Balaban J connectivity index is 2.00. The molecule has 0 amide bonds. The molecule has 0 atom stereocenters. The van der Waals surface area contributed by atoms with Crippen LogP contribution >= 0.6 is 0 Å². The van der Waals surface area contributed by atoms with Gasteiger partial charge >= 0.3 is 11.9 Å². The largest absolute Gasteiger partial charge is 0.466 e. The Morgan fingerprint density at radius 2 is 1.73 bits per heavy atom. The Morgan fingerprint density at radius 3 is 2.27 bits per heavy atom. The van der Waals surface area contributed by atoms with E-state index in [1.54, 1.807) is 12.1 Å². The van der Waals surface area contributed by atoms with Crippen molar-refractivity contribution in [2.45, 2.75) is 6.54 Å². The molecule has 0 aromatic heterocycles. The smallest absolute Gasteiger partial charge is 0.354 e. The summed E-state index contributed by atoms with van der Waals surface area (Å²) in [7, 11) is -0.455. The Labute approximate surface area is 152 Å². The van der Waals surface area contributed by atoms with Crippen molar-refractivity contribution < 1.29 is 27.5 Å². The third-order valence-electron chi connectivity index (χ3n) is 3.94. The van der Waals surface area contributed by atoms with Gasteiger partial charge in [-0.3, -0.25) is 4.90 Å². The number of rotatable bonds is 6. The standard InChI is InChI=1S/C17H22N2O6S/c1-24-16(20)11-15(17(21)25-2)18-14-5-3-13(4-6-14)12-19-7-9-26(22,23)10-8-19/h3-6,11,18H,7-10,12H2,1-2H3/b15-11+. The van der Waals surface area contributed by atoms with E-state index in [2.05, 4.69) is 19.7 Å². The number of hydrogen-bond acceptors (Lipinski definition) is 8.